The maximum absolute atomic E-state index is 5.51. The normalized spacial score (nSPS) is 21.3. The summed E-state index contributed by atoms with van der Waals surface area (Å²) >= 11 is 0. The fourth-order valence-corrected chi connectivity index (χ4v) is 4.54. The van der Waals surface area contributed by atoms with Gasteiger partial charge < -0.3 is 24.6 Å². The van der Waals surface area contributed by atoms with E-state index < -0.39 is 0 Å². The number of hydrogen-bond donors (Lipinski definition) is 1. The van der Waals surface area contributed by atoms with Gasteiger partial charge in [0.25, 0.3) is 0 Å². The number of aliphatic imine (C=N–C) groups is 1. The summed E-state index contributed by atoms with van der Waals surface area (Å²) in [6.45, 7) is 11.9. The van der Waals surface area contributed by atoms with Crippen molar-refractivity contribution in [2.45, 2.75) is 32.7 Å². The van der Waals surface area contributed by atoms with E-state index in [1.807, 2.05) is 6.07 Å². The van der Waals surface area contributed by atoms with Gasteiger partial charge in [-0.3, -0.25) is 9.89 Å². The topological polar surface area (TPSA) is 52.6 Å². The van der Waals surface area contributed by atoms with Gasteiger partial charge in [-0.1, -0.05) is 6.07 Å². The molecular formula is C23H37N5O2. The van der Waals surface area contributed by atoms with E-state index in [1.165, 1.54) is 37.9 Å². The van der Waals surface area contributed by atoms with Gasteiger partial charge in [0, 0.05) is 45.8 Å². The molecule has 166 valence electrons. The zero-order valence-electron chi connectivity index (χ0n) is 18.6. The first-order valence-electron chi connectivity index (χ1n) is 11.5. The van der Waals surface area contributed by atoms with Gasteiger partial charge >= 0.3 is 0 Å². The van der Waals surface area contributed by atoms with Crippen LogP contribution in [0.3, 0.4) is 0 Å². The molecule has 2 fully saturated rings. The van der Waals surface area contributed by atoms with E-state index in [2.05, 4.69) is 46.1 Å². The average Bonchev–Trinajstić information content (AvgIpc) is 3.23. The summed E-state index contributed by atoms with van der Waals surface area (Å²) in [6.07, 6.45) is 3.86. The molecule has 7 nitrogen and oxygen atoms in total. The third kappa shape index (κ3) is 5.58. The summed E-state index contributed by atoms with van der Waals surface area (Å²) in [5.41, 5.74) is 1.28. The molecular weight excluding hydrogens is 378 g/mol. The second kappa shape index (κ2) is 10.4. The number of rotatable bonds is 6. The van der Waals surface area contributed by atoms with Crippen LogP contribution in [0.15, 0.2) is 23.2 Å². The molecule has 0 spiro atoms. The van der Waals surface area contributed by atoms with Crippen LogP contribution in [0.5, 0.6) is 11.5 Å². The predicted octanol–water partition coefficient (Wildman–Crippen LogP) is 2.23. The van der Waals surface area contributed by atoms with E-state index in [0.717, 1.165) is 69.2 Å². The van der Waals surface area contributed by atoms with Gasteiger partial charge in [0.05, 0.1) is 0 Å². The number of ether oxygens (including phenoxy) is 2. The van der Waals surface area contributed by atoms with Gasteiger partial charge in [-0.2, -0.15) is 0 Å². The van der Waals surface area contributed by atoms with Crippen LogP contribution < -0.4 is 14.8 Å². The van der Waals surface area contributed by atoms with Gasteiger partial charge in [-0.25, -0.2) is 0 Å². The molecule has 2 saturated heterocycles. The molecule has 30 heavy (non-hydrogen) atoms. The Bertz CT molecular complexity index is 710. The molecule has 0 aliphatic carbocycles. The van der Waals surface area contributed by atoms with E-state index in [0.29, 0.717) is 6.79 Å². The van der Waals surface area contributed by atoms with Crippen LogP contribution in [-0.4, -0.2) is 86.9 Å². The SMILES string of the molecule is CCNC(=NCCC1CCN(C)CC1)N1CCN(Cc2ccc3c(c2)OCO3)CC1. The van der Waals surface area contributed by atoms with Crippen LogP contribution >= 0.6 is 0 Å². The number of guanidine groups is 1. The second-order valence-electron chi connectivity index (χ2n) is 8.72. The summed E-state index contributed by atoms with van der Waals surface area (Å²) in [6, 6.07) is 6.28. The van der Waals surface area contributed by atoms with Crippen LogP contribution in [0, 0.1) is 5.92 Å². The minimum absolute atomic E-state index is 0.335. The maximum Gasteiger partial charge on any atom is 0.231 e. The first-order valence-corrected chi connectivity index (χ1v) is 11.5. The molecule has 0 amide bonds. The molecule has 3 heterocycles. The number of nitrogens with zero attached hydrogens (tertiary/aromatic N) is 4. The van der Waals surface area contributed by atoms with Gasteiger partial charge in [0.1, 0.15) is 0 Å². The quantitative estimate of drug-likeness (QED) is 0.568. The number of nitrogens with one attached hydrogen (secondary N) is 1. The average molecular weight is 416 g/mol. The minimum atomic E-state index is 0.335. The molecule has 1 N–H and O–H groups in total. The van der Waals surface area contributed by atoms with Gasteiger partial charge in [-0.05, 0) is 69.9 Å². The highest BCUT2D eigenvalue weighted by atomic mass is 16.7. The van der Waals surface area contributed by atoms with Crippen molar-refractivity contribution in [1.82, 2.24) is 20.0 Å². The molecule has 0 radical (unpaired) electrons. The summed E-state index contributed by atoms with van der Waals surface area (Å²) in [7, 11) is 2.23. The highest BCUT2D eigenvalue weighted by molar-refractivity contribution is 5.80. The van der Waals surface area contributed by atoms with Crippen molar-refractivity contribution < 1.29 is 9.47 Å². The maximum atomic E-state index is 5.51. The van der Waals surface area contributed by atoms with Crippen LogP contribution in [0.1, 0.15) is 31.7 Å². The summed E-state index contributed by atoms with van der Waals surface area (Å²) in [5.74, 6) is 3.66. The lowest BCUT2D eigenvalue weighted by atomic mass is 9.94. The standard InChI is InChI=1S/C23H37N5O2/c1-3-24-23(25-9-6-19-7-10-26(2)11-8-19)28-14-12-27(13-15-28)17-20-4-5-21-22(16-20)30-18-29-21/h4-5,16,19H,3,6-15,17-18H2,1-2H3,(H,24,25). The molecule has 0 saturated carbocycles. The molecule has 1 aromatic carbocycles. The lowest BCUT2D eigenvalue weighted by molar-refractivity contribution is 0.171. The summed E-state index contributed by atoms with van der Waals surface area (Å²) < 4.78 is 10.9. The number of fused-ring (bicyclic) bond motifs is 1. The lowest BCUT2D eigenvalue weighted by Crippen LogP contribution is -2.52. The molecule has 7 heteroatoms. The first-order chi connectivity index (χ1) is 14.7. The Morgan fingerprint density at radius 2 is 1.83 bits per heavy atom. The van der Waals surface area contributed by atoms with Crippen molar-refractivity contribution in [2.24, 2.45) is 10.9 Å². The van der Waals surface area contributed by atoms with E-state index in [4.69, 9.17) is 14.5 Å². The fourth-order valence-electron chi connectivity index (χ4n) is 4.54. The molecule has 3 aliphatic rings. The summed E-state index contributed by atoms with van der Waals surface area (Å²) in [4.78, 5) is 12.3. The Kier molecular flexibility index (Phi) is 7.33. The van der Waals surface area contributed by atoms with Crippen molar-refractivity contribution >= 4 is 5.96 Å². The Morgan fingerprint density at radius 3 is 2.60 bits per heavy atom. The molecule has 0 unspecified atom stereocenters. The van der Waals surface area contributed by atoms with Crippen LogP contribution in [0.4, 0.5) is 0 Å². The smallest absolute Gasteiger partial charge is 0.231 e. The Balaban J connectivity index is 1.24. The number of benzene rings is 1. The Labute approximate surface area is 181 Å². The predicted molar refractivity (Wildman–Crippen MR) is 120 cm³/mol. The van der Waals surface area contributed by atoms with Crippen LogP contribution in [0.2, 0.25) is 0 Å². The minimum Gasteiger partial charge on any atom is -0.454 e. The molecule has 4 rings (SSSR count). The molecule has 1 aromatic rings. The first kappa shape index (κ1) is 21.2. The van der Waals surface area contributed by atoms with Crippen LogP contribution in [-0.2, 0) is 6.54 Å². The third-order valence-electron chi connectivity index (χ3n) is 6.49. The molecule has 0 aromatic heterocycles. The van der Waals surface area contributed by atoms with Crippen molar-refractivity contribution in [1.29, 1.82) is 0 Å². The van der Waals surface area contributed by atoms with Gasteiger partial charge in [-0.15, -0.1) is 0 Å². The van der Waals surface area contributed by atoms with E-state index in [-0.39, 0.29) is 0 Å². The van der Waals surface area contributed by atoms with Crippen molar-refractivity contribution in [3.63, 3.8) is 0 Å². The molecule has 0 atom stereocenters. The van der Waals surface area contributed by atoms with E-state index in [9.17, 15) is 0 Å². The second-order valence-corrected chi connectivity index (χ2v) is 8.72. The Morgan fingerprint density at radius 1 is 1.07 bits per heavy atom. The number of piperidine rings is 1. The van der Waals surface area contributed by atoms with E-state index >= 15 is 0 Å². The largest absolute Gasteiger partial charge is 0.454 e. The van der Waals surface area contributed by atoms with Crippen LogP contribution in [0.25, 0.3) is 0 Å². The highest BCUT2D eigenvalue weighted by Gasteiger charge is 2.21. The molecule has 0 bridgehead atoms. The highest BCUT2D eigenvalue weighted by Crippen LogP contribution is 2.32. The van der Waals surface area contributed by atoms with Gasteiger partial charge in [0.15, 0.2) is 17.5 Å². The number of hydrogen-bond acceptors (Lipinski definition) is 5. The molecule has 3 aliphatic heterocycles. The van der Waals surface area contributed by atoms with Gasteiger partial charge in [0.2, 0.25) is 6.79 Å². The van der Waals surface area contributed by atoms with Crippen molar-refractivity contribution in [3.8, 4) is 11.5 Å². The number of piperazine rings is 1. The zero-order valence-corrected chi connectivity index (χ0v) is 18.6. The van der Waals surface area contributed by atoms with Crippen molar-refractivity contribution in [2.75, 3.05) is 66.2 Å². The zero-order chi connectivity index (χ0) is 20.8. The number of likely N-dealkylation sites (tertiary alicyclic amines) is 1. The third-order valence-corrected chi connectivity index (χ3v) is 6.49. The fraction of sp³-hybridized carbons (Fsp3) is 0.696. The van der Waals surface area contributed by atoms with E-state index in [1.54, 1.807) is 0 Å². The van der Waals surface area contributed by atoms with Crippen molar-refractivity contribution in [3.05, 3.63) is 23.8 Å². The monoisotopic (exact) mass is 415 g/mol. The lowest BCUT2D eigenvalue weighted by Gasteiger charge is -2.36. The Hall–Kier alpha value is -1.99. The summed E-state index contributed by atoms with van der Waals surface area (Å²) in [5, 5.41) is 3.51.